The predicted molar refractivity (Wildman–Crippen MR) is 242 cm³/mol. The molecule has 6 aromatic carbocycles. The van der Waals surface area contributed by atoms with Crippen molar-refractivity contribution in [1.29, 1.82) is 0 Å². The Hall–Kier alpha value is -1.97. The van der Waals surface area contributed by atoms with Crippen molar-refractivity contribution in [2.75, 3.05) is 19.1 Å². The van der Waals surface area contributed by atoms with E-state index in [0.29, 0.717) is 0 Å². The number of benzene rings is 6. The van der Waals surface area contributed by atoms with Crippen molar-refractivity contribution in [3.05, 3.63) is 182 Å². The first-order valence-electron chi connectivity index (χ1n) is 18.7. The van der Waals surface area contributed by atoms with Gasteiger partial charge in [-0.25, -0.2) is 0 Å². The summed E-state index contributed by atoms with van der Waals surface area (Å²) in [5.74, 6) is 0. The molecule has 0 aromatic heterocycles. The Labute approximate surface area is 364 Å². The second kappa shape index (κ2) is 22.1. The van der Waals surface area contributed by atoms with Gasteiger partial charge in [-0.3, -0.25) is 0 Å². The van der Waals surface area contributed by atoms with Crippen LogP contribution in [0.3, 0.4) is 0 Å². The Balaban J connectivity index is 0.000000281. The van der Waals surface area contributed by atoms with Crippen LogP contribution in [-0.2, 0) is 4.74 Å². The second-order valence-electron chi connectivity index (χ2n) is 16.0. The van der Waals surface area contributed by atoms with Gasteiger partial charge >= 0.3 is 0 Å². The first-order chi connectivity index (χ1) is 25.0. The van der Waals surface area contributed by atoms with Crippen molar-refractivity contribution < 1.29 is 52.7 Å². The third kappa shape index (κ3) is 12.5. The van der Waals surface area contributed by atoms with Crippen molar-refractivity contribution >= 4 is 62.5 Å². The summed E-state index contributed by atoms with van der Waals surface area (Å²) in [6.07, 6.45) is 2.02. The summed E-state index contributed by atoms with van der Waals surface area (Å²) in [6, 6.07) is 69.0. The van der Waals surface area contributed by atoms with E-state index in [0.717, 1.165) is 13.0 Å². The van der Waals surface area contributed by atoms with Gasteiger partial charge in [0.2, 0.25) is 0 Å². The van der Waals surface area contributed by atoms with Crippen LogP contribution in [0.25, 0.3) is 0 Å². The van der Waals surface area contributed by atoms with Crippen LogP contribution in [0.4, 0.5) is 0 Å². The quantitative estimate of drug-likeness (QED) is 0.0672. The highest BCUT2D eigenvalue weighted by Gasteiger charge is 2.47. The van der Waals surface area contributed by atoms with E-state index in [4.69, 9.17) is 4.74 Å². The Morgan fingerprint density at radius 3 is 0.833 bits per heavy atom. The maximum atomic E-state index is 6.42. The van der Waals surface area contributed by atoms with Gasteiger partial charge in [-0.2, -0.15) is 0 Å². The number of ether oxygens (including phenoxy) is 1. The molecule has 0 saturated heterocycles. The fraction of sp³-hybridized carbons (Fsp3) is 0.234. The van der Waals surface area contributed by atoms with Gasteiger partial charge in [0.05, 0.1) is 6.16 Å². The van der Waals surface area contributed by atoms with Gasteiger partial charge in [0.1, 0.15) is 46.4 Å². The summed E-state index contributed by atoms with van der Waals surface area (Å²) >= 11 is 0. The van der Waals surface area contributed by atoms with Gasteiger partial charge in [-0.05, 0) is 84.9 Å². The maximum Gasteiger partial charge on any atom is 0.171 e. The first kappa shape index (κ1) is 46.4. The molecule has 0 aliphatic carbocycles. The zero-order chi connectivity index (χ0) is 36.9. The average molecular weight is 1010 g/mol. The van der Waals surface area contributed by atoms with E-state index in [9.17, 15) is 0 Å². The minimum Gasteiger partial charge on any atom is -1.00 e. The van der Waals surface area contributed by atoms with Gasteiger partial charge in [0.15, 0.2) is 6.35 Å². The maximum absolute atomic E-state index is 6.42. The monoisotopic (exact) mass is 1010 g/mol. The molecular weight excluding hydrogens is 952 g/mol. The number of halogens is 2. The van der Waals surface area contributed by atoms with Crippen molar-refractivity contribution in [2.24, 2.45) is 0 Å². The molecule has 0 aliphatic heterocycles. The minimum atomic E-state index is -1.84. The summed E-state index contributed by atoms with van der Waals surface area (Å²) in [5, 5.41) is 8.67. The highest BCUT2D eigenvalue weighted by atomic mass is 127. The fourth-order valence-corrected chi connectivity index (χ4v) is 19.0. The largest absolute Gasteiger partial charge is 1.00 e. The summed E-state index contributed by atoms with van der Waals surface area (Å²) in [6.45, 7) is 15.5. The van der Waals surface area contributed by atoms with Gasteiger partial charge < -0.3 is 52.7 Å². The molecule has 1 nitrogen and oxygen atoms in total. The second-order valence-corrected chi connectivity index (χ2v) is 34.3. The Morgan fingerprint density at radius 2 is 0.593 bits per heavy atom. The zero-order valence-electron chi connectivity index (χ0n) is 32.9. The fourth-order valence-electron chi connectivity index (χ4n) is 6.68. The van der Waals surface area contributed by atoms with Crippen molar-refractivity contribution in [3.8, 4) is 0 Å². The molecule has 0 atom stereocenters. The molecule has 0 amide bonds. The lowest BCUT2D eigenvalue weighted by molar-refractivity contribution is -0.00100. The molecule has 0 fully saturated rings. The molecule has 6 aromatic rings. The summed E-state index contributed by atoms with van der Waals surface area (Å²) in [5.41, 5.74) is 0. The Bertz CT molecular complexity index is 1690. The third-order valence-electron chi connectivity index (χ3n) is 9.66. The van der Waals surface area contributed by atoms with Crippen LogP contribution in [0.15, 0.2) is 182 Å². The van der Waals surface area contributed by atoms with Crippen LogP contribution in [0, 0.1) is 0 Å². The molecule has 0 spiro atoms. The first-order valence-corrected chi connectivity index (χ1v) is 30.1. The summed E-state index contributed by atoms with van der Waals surface area (Å²) in [4.78, 5) is 0. The predicted octanol–water partition coefficient (Wildman–Crippen LogP) is 4.62. The van der Waals surface area contributed by atoms with Crippen molar-refractivity contribution in [3.63, 3.8) is 0 Å². The molecule has 284 valence electrons. The standard InChI is InChI=1S/C24H30OPSi.C23H28PSi.2HI/c1-27(2,3)20-19-25-21-26(22-13-7-4-8-14-22,23-15-9-5-10-16-23)24-17-11-6-12-18-24;1-25(2,3)20-19-24(21-13-7-4-8-14-21,22-15-9-5-10-16-22)23-17-11-6-12-18-23;;/h4-18H,19-21H2,1-3H3;4-18H,19-20H2,1-3H3;2*1H/q2*+1;;/p-2. The SMILES string of the molecule is C[Si](C)(C)CCOC[P+](c1ccccc1)(c1ccccc1)c1ccccc1.C[Si](C)(C)CC[P+](c1ccccc1)(c1ccccc1)c1ccccc1.[I-].[I-]. The zero-order valence-corrected chi connectivity index (χ0v) is 41.0. The van der Waals surface area contributed by atoms with Crippen LogP contribution in [-0.4, -0.2) is 35.3 Å². The highest BCUT2D eigenvalue weighted by molar-refractivity contribution is 7.96. The lowest BCUT2D eigenvalue weighted by Crippen LogP contribution is -3.00. The molecular formula is C47H58I2OP2Si2. The summed E-state index contributed by atoms with van der Waals surface area (Å²) < 4.78 is 6.42. The minimum absolute atomic E-state index is 0. The van der Waals surface area contributed by atoms with E-state index >= 15 is 0 Å². The van der Waals surface area contributed by atoms with E-state index in [-0.39, 0.29) is 48.0 Å². The van der Waals surface area contributed by atoms with Crippen LogP contribution in [0.1, 0.15) is 0 Å². The Morgan fingerprint density at radius 1 is 0.352 bits per heavy atom. The molecule has 54 heavy (non-hydrogen) atoms. The van der Waals surface area contributed by atoms with Gasteiger partial charge in [-0.1, -0.05) is 148 Å². The van der Waals surface area contributed by atoms with E-state index in [1.165, 1.54) is 50.1 Å². The van der Waals surface area contributed by atoms with Gasteiger partial charge in [0.25, 0.3) is 0 Å². The molecule has 0 saturated carbocycles. The van der Waals surface area contributed by atoms with Gasteiger partial charge in [-0.15, -0.1) is 0 Å². The van der Waals surface area contributed by atoms with E-state index in [2.05, 4.69) is 221 Å². The lowest BCUT2D eigenvalue weighted by atomic mass is 10.4. The topological polar surface area (TPSA) is 9.23 Å². The normalized spacial score (nSPS) is 11.7. The average Bonchev–Trinajstić information content (AvgIpc) is 3.17. The van der Waals surface area contributed by atoms with Crippen LogP contribution < -0.4 is 79.8 Å². The number of hydrogen-bond donors (Lipinski definition) is 0. The van der Waals surface area contributed by atoms with Crippen molar-refractivity contribution in [2.45, 2.75) is 51.4 Å². The molecule has 7 heteroatoms. The molecule has 0 unspecified atom stereocenters. The molecule has 0 N–H and O–H groups in total. The lowest BCUT2D eigenvalue weighted by Gasteiger charge is -2.30. The molecule has 0 radical (unpaired) electrons. The number of rotatable bonds is 14. The molecule has 6 rings (SSSR count). The highest BCUT2D eigenvalue weighted by Crippen LogP contribution is 2.57. The molecule has 0 heterocycles. The molecule has 0 aliphatic rings. The van der Waals surface area contributed by atoms with Crippen LogP contribution in [0.5, 0.6) is 0 Å². The number of hydrogen-bond acceptors (Lipinski definition) is 1. The van der Waals surface area contributed by atoms with E-state index in [1.807, 2.05) is 0 Å². The van der Waals surface area contributed by atoms with Crippen LogP contribution in [0.2, 0.25) is 51.4 Å². The van der Waals surface area contributed by atoms with Gasteiger partial charge in [0, 0.05) is 22.8 Å². The van der Waals surface area contributed by atoms with Crippen LogP contribution >= 0.6 is 14.5 Å². The van der Waals surface area contributed by atoms with E-state index in [1.54, 1.807) is 0 Å². The third-order valence-corrected chi connectivity index (χ3v) is 22.1. The Kier molecular flexibility index (Phi) is 19.0. The van der Waals surface area contributed by atoms with Crippen molar-refractivity contribution in [1.82, 2.24) is 0 Å². The summed E-state index contributed by atoms with van der Waals surface area (Å²) in [7, 11) is -5.70. The smallest absolute Gasteiger partial charge is 0.171 e. The van der Waals surface area contributed by atoms with E-state index < -0.39 is 30.7 Å². The molecule has 0 bridgehead atoms.